The third-order valence-electron chi connectivity index (χ3n) is 1.58. The molecule has 0 bridgehead atoms. The number of nitrogens with two attached hydrogens (primary N) is 1. The predicted octanol–water partition coefficient (Wildman–Crippen LogP) is 1.58. The van der Waals surface area contributed by atoms with Crippen LogP contribution in [0.3, 0.4) is 0 Å². The predicted molar refractivity (Wildman–Crippen MR) is 50.1 cm³/mol. The van der Waals surface area contributed by atoms with Gasteiger partial charge in [0.25, 0.3) is 0 Å². The normalized spacial score (nSPS) is 10.3. The van der Waals surface area contributed by atoms with E-state index in [4.69, 9.17) is 5.73 Å². The molecule has 0 aliphatic rings. The molecule has 3 nitrogen and oxygen atoms in total. The summed E-state index contributed by atoms with van der Waals surface area (Å²) in [5.74, 6) is 0. The second-order valence-electron chi connectivity index (χ2n) is 2.60. The summed E-state index contributed by atoms with van der Waals surface area (Å²) in [4.78, 5) is 0. The Balaban J connectivity index is 2.14. The van der Waals surface area contributed by atoms with Crippen LogP contribution in [0.5, 0.6) is 0 Å². The largest absolute Gasteiger partial charge is 0.396 e. The first-order valence-corrected chi connectivity index (χ1v) is 4.58. The van der Waals surface area contributed by atoms with Crippen molar-refractivity contribution in [3.8, 4) is 0 Å². The zero-order valence-corrected chi connectivity index (χ0v) is 7.29. The van der Waals surface area contributed by atoms with Crippen LogP contribution in [-0.4, -0.2) is 9.78 Å². The molecule has 62 valence electrons. The molecule has 2 aromatic rings. The van der Waals surface area contributed by atoms with Crippen LogP contribution >= 0.6 is 11.3 Å². The Labute approximate surface area is 74.4 Å². The first-order chi connectivity index (χ1) is 5.84. The van der Waals surface area contributed by atoms with E-state index in [0.29, 0.717) is 5.69 Å². The van der Waals surface area contributed by atoms with E-state index in [0.717, 1.165) is 6.54 Å². The Morgan fingerprint density at radius 1 is 1.58 bits per heavy atom. The highest BCUT2D eigenvalue weighted by atomic mass is 32.1. The molecule has 0 spiro atoms. The fourth-order valence-electron chi connectivity index (χ4n) is 1.04. The first kappa shape index (κ1) is 7.36. The number of anilines is 1. The Morgan fingerprint density at radius 3 is 3.08 bits per heavy atom. The fraction of sp³-hybridized carbons (Fsp3) is 0.125. The van der Waals surface area contributed by atoms with Gasteiger partial charge in [-0.2, -0.15) is 16.4 Å². The van der Waals surface area contributed by atoms with Crippen LogP contribution < -0.4 is 5.73 Å². The number of nitrogen functional groups attached to an aromatic ring is 1. The highest BCUT2D eigenvalue weighted by Gasteiger charge is 1.96. The number of hydrogen-bond donors (Lipinski definition) is 1. The maximum atomic E-state index is 5.53. The van der Waals surface area contributed by atoms with Gasteiger partial charge in [-0.15, -0.1) is 0 Å². The van der Waals surface area contributed by atoms with Crippen molar-refractivity contribution in [2.75, 3.05) is 5.73 Å². The molecule has 0 amide bonds. The number of thiophene rings is 1. The lowest BCUT2D eigenvalue weighted by Gasteiger charge is -1.96. The molecule has 0 fully saturated rings. The first-order valence-electron chi connectivity index (χ1n) is 3.63. The average Bonchev–Trinajstić information content (AvgIpc) is 2.63. The van der Waals surface area contributed by atoms with Crippen molar-refractivity contribution in [1.82, 2.24) is 9.78 Å². The average molecular weight is 179 g/mol. The van der Waals surface area contributed by atoms with Crippen LogP contribution in [0.15, 0.2) is 29.2 Å². The summed E-state index contributed by atoms with van der Waals surface area (Å²) < 4.78 is 1.83. The van der Waals surface area contributed by atoms with E-state index in [2.05, 4.69) is 21.9 Å². The zero-order valence-electron chi connectivity index (χ0n) is 6.47. The Kier molecular flexibility index (Phi) is 1.83. The summed E-state index contributed by atoms with van der Waals surface area (Å²) in [6.45, 7) is 0.806. The summed E-state index contributed by atoms with van der Waals surface area (Å²) in [5, 5.41) is 8.25. The van der Waals surface area contributed by atoms with Crippen molar-refractivity contribution in [2.24, 2.45) is 0 Å². The molecule has 0 saturated carbocycles. The van der Waals surface area contributed by atoms with Crippen LogP contribution in [-0.2, 0) is 6.54 Å². The third kappa shape index (κ3) is 1.48. The summed E-state index contributed by atoms with van der Waals surface area (Å²) >= 11 is 1.69. The fourth-order valence-corrected chi connectivity index (χ4v) is 1.70. The van der Waals surface area contributed by atoms with Gasteiger partial charge in [0.2, 0.25) is 0 Å². The highest BCUT2D eigenvalue weighted by molar-refractivity contribution is 7.07. The van der Waals surface area contributed by atoms with E-state index in [1.165, 1.54) is 5.56 Å². The molecule has 12 heavy (non-hydrogen) atoms. The molecule has 0 atom stereocenters. The molecular weight excluding hydrogens is 170 g/mol. The summed E-state index contributed by atoms with van der Waals surface area (Å²) in [7, 11) is 0. The van der Waals surface area contributed by atoms with E-state index in [9.17, 15) is 0 Å². The molecule has 0 unspecified atom stereocenters. The Bertz CT molecular complexity index is 350. The molecule has 0 aliphatic heterocycles. The monoisotopic (exact) mass is 179 g/mol. The highest BCUT2D eigenvalue weighted by Crippen LogP contribution is 2.08. The van der Waals surface area contributed by atoms with Gasteiger partial charge in [-0.1, -0.05) is 0 Å². The van der Waals surface area contributed by atoms with Crippen molar-refractivity contribution in [3.05, 3.63) is 34.8 Å². The van der Waals surface area contributed by atoms with Crippen LogP contribution in [0, 0.1) is 0 Å². The smallest absolute Gasteiger partial charge is 0.0719 e. The molecule has 4 heteroatoms. The van der Waals surface area contributed by atoms with Crippen molar-refractivity contribution in [2.45, 2.75) is 6.54 Å². The second-order valence-corrected chi connectivity index (χ2v) is 3.38. The van der Waals surface area contributed by atoms with E-state index in [-0.39, 0.29) is 0 Å². The molecule has 2 rings (SSSR count). The molecule has 0 radical (unpaired) electrons. The Hall–Kier alpha value is -1.29. The van der Waals surface area contributed by atoms with Gasteiger partial charge >= 0.3 is 0 Å². The van der Waals surface area contributed by atoms with Crippen molar-refractivity contribution in [1.29, 1.82) is 0 Å². The molecule has 0 saturated heterocycles. The van der Waals surface area contributed by atoms with Gasteiger partial charge in [0.05, 0.1) is 18.4 Å². The second kappa shape index (κ2) is 2.98. The quantitative estimate of drug-likeness (QED) is 0.760. The lowest BCUT2D eigenvalue weighted by molar-refractivity contribution is 0.689. The minimum atomic E-state index is 0.713. The van der Waals surface area contributed by atoms with Crippen LogP contribution in [0.25, 0.3) is 0 Å². The minimum absolute atomic E-state index is 0.713. The van der Waals surface area contributed by atoms with Gasteiger partial charge < -0.3 is 5.73 Å². The maximum Gasteiger partial charge on any atom is 0.0719 e. The zero-order chi connectivity index (χ0) is 8.39. The summed E-state index contributed by atoms with van der Waals surface area (Å²) in [6.07, 6.45) is 3.49. The molecule has 2 N–H and O–H groups in total. The standard InChI is InChI=1S/C8H9N3S/c9-8-3-10-11(5-8)4-7-1-2-12-6-7/h1-3,5-6H,4,9H2. The van der Waals surface area contributed by atoms with Crippen molar-refractivity contribution < 1.29 is 0 Å². The van der Waals surface area contributed by atoms with Crippen LogP contribution in [0.1, 0.15) is 5.56 Å². The summed E-state index contributed by atoms with van der Waals surface area (Å²) in [5.41, 5.74) is 7.51. The molecule has 0 aromatic carbocycles. The molecule has 2 aromatic heterocycles. The number of aromatic nitrogens is 2. The minimum Gasteiger partial charge on any atom is -0.396 e. The van der Waals surface area contributed by atoms with Gasteiger partial charge in [-0.05, 0) is 22.4 Å². The number of hydrogen-bond acceptors (Lipinski definition) is 3. The van der Waals surface area contributed by atoms with E-state index in [1.54, 1.807) is 17.5 Å². The molecule has 2 heterocycles. The maximum absolute atomic E-state index is 5.53. The van der Waals surface area contributed by atoms with E-state index >= 15 is 0 Å². The van der Waals surface area contributed by atoms with Gasteiger partial charge in [0.1, 0.15) is 0 Å². The van der Waals surface area contributed by atoms with Crippen LogP contribution in [0.2, 0.25) is 0 Å². The topological polar surface area (TPSA) is 43.8 Å². The van der Waals surface area contributed by atoms with Crippen molar-refractivity contribution in [3.63, 3.8) is 0 Å². The number of rotatable bonds is 2. The van der Waals surface area contributed by atoms with E-state index < -0.39 is 0 Å². The molecular formula is C8H9N3S. The van der Waals surface area contributed by atoms with Crippen LogP contribution in [0.4, 0.5) is 5.69 Å². The number of nitrogens with zero attached hydrogens (tertiary/aromatic N) is 2. The lowest BCUT2D eigenvalue weighted by atomic mass is 10.3. The molecule has 0 aliphatic carbocycles. The lowest BCUT2D eigenvalue weighted by Crippen LogP contribution is -1.97. The van der Waals surface area contributed by atoms with Gasteiger partial charge in [0.15, 0.2) is 0 Å². The summed E-state index contributed by atoms with van der Waals surface area (Å²) in [6, 6.07) is 2.09. The van der Waals surface area contributed by atoms with Gasteiger partial charge in [-0.25, -0.2) is 0 Å². The van der Waals surface area contributed by atoms with Gasteiger partial charge in [0, 0.05) is 6.20 Å². The third-order valence-corrected chi connectivity index (χ3v) is 2.31. The Morgan fingerprint density at radius 2 is 2.50 bits per heavy atom. The van der Waals surface area contributed by atoms with Gasteiger partial charge in [-0.3, -0.25) is 4.68 Å². The SMILES string of the molecule is Nc1cnn(Cc2ccsc2)c1. The van der Waals surface area contributed by atoms with Crippen molar-refractivity contribution >= 4 is 17.0 Å². The van der Waals surface area contributed by atoms with E-state index in [1.807, 2.05) is 10.9 Å².